The van der Waals surface area contributed by atoms with E-state index in [0.717, 1.165) is 11.1 Å². The summed E-state index contributed by atoms with van der Waals surface area (Å²) in [5, 5.41) is 0. The minimum Gasteiger partial charge on any atom is -0.461 e. The number of halogens is 1. The zero-order valence-electron chi connectivity index (χ0n) is 8.62. The molecule has 1 N–H and O–H groups in total. The number of furan rings is 1. The number of imidazole rings is 1. The maximum absolute atomic E-state index is 13.0. The molecule has 0 saturated heterocycles. The minimum atomic E-state index is -0.279. The third-order valence-corrected chi connectivity index (χ3v) is 2.52. The van der Waals surface area contributed by atoms with Crippen LogP contribution >= 0.6 is 0 Å². The maximum Gasteiger partial charge on any atom is 0.174 e. The quantitative estimate of drug-likeness (QED) is 0.678. The van der Waals surface area contributed by atoms with Gasteiger partial charge in [-0.25, -0.2) is 9.37 Å². The van der Waals surface area contributed by atoms with Gasteiger partial charge < -0.3 is 9.40 Å². The van der Waals surface area contributed by atoms with Gasteiger partial charge in [0, 0.05) is 0 Å². The summed E-state index contributed by atoms with van der Waals surface area (Å²) in [6.45, 7) is 1.94. The summed E-state index contributed by atoms with van der Waals surface area (Å²) in [6, 6.07) is 6.32. The van der Waals surface area contributed by atoms with Crippen LogP contribution in [-0.4, -0.2) is 9.97 Å². The Morgan fingerprint density at radius 1 is 1.31 bits per heavy atom. The van der Waals surface area contributed by atoms with Crippen LogP contribution in [0.2, 0.25) is 0 Å². The molecule has 3 rings (SSSR count). The number of rotatable bonds is 1. The predicted molar refractivity (Wildman–Crippen MR) is 58.5 cm³/mol. The van der Waals surface area contributed by atoms with Gasteiger partial charge in [0.2, 0.25) is 0 Å². The standard InChI is InChI=1S/C12H9FN2O/c1-7-4-5-16-11(7)12-14-9-3-2-8(13)6-10(9)15-12/h2-6H,1H3,(H,14,15). The number of aromatic nitrogens is 2. The summed E-state index contributed by atoms with van der Waals surface area (Å²) in [7, 11) is 0. The SMILES string of the molecule is Cc1ccoc1-c1nc2ccc(F)cc2[nH]1. The molecular weight excluding hydrogens is 207 g/mol. The highest BCUT2D eigenvalue weighted by molar-refractivity contribution is 5.78. The van der Waals surface area contributed by atoms with Crippen LogP contribution < -0.4 is 0 Å². The zero-order valence-corrected chi connectivity index (χ0v) is 8.62. The van der Waals surface area contributed by atoms with Gasteiger partial charge in [0.25, 0.3) is 0 Å². The van der Waals surface area contributed by atoms with Crippen LogP contribution in [0.5, 0.6) is 0 Å². The van der Waals surface area contributed by atoms with Crippen molar-refractivity contribution in [2.75, 3.05) is 0 Å². The Balaban J connectivity index is 2.23. The van der Waals surface area contributed by atoms with Crippen molar-refractivity contribution in [3.8, 4) is 11.6 Å². The number of nitrogens with zero attached hydrogens (tertiary/aromatic N) is 1. The molecule has 3 nitrogen and oxygen atoms in total. The van der Waals surface area contributed by atoms with Crippen molar-refractivity contribution in [2.24, 2.45) is 0 Å². The number of H-pyrrole nitrogens is 1. The molecule has 0 atom stereocenters. The number of aromatic amines is 1. The normalized spacial score (nSPS) is 11.1. The fraction of sp³-hybridized carbons (Fsp3) is 0.0833. The Labute approximate surface area is 90.9 Å². The van der Waals surface area contributed by atoms with Crippen LogP contribution in [0.4, 0.5) is 4.39 Å². The number of benzene rings is 1. The second kappa shape index (κ2) is 3.20. The van der Waals surface area contributed by atoms with E-state index in [-0.39, 0.29) is 5.82 Å². The molecule has 0 saturated carbocycles. The average molecular weight is 216 g/mol. The lowest BCUT2D eigenvalue weighted by Gasteiger charge is -1.90. The summed E-state index contributed by atoms with van der Waals surface area (Å²) < 4.78 is 18.3. The number of fused-ring (bicyclic) bond motifs is 1. The highest BCUT2D eigenvalue weighted by Gasteiger charge is 2.10. The fourth-order valence-corrected chi connectivity index (χ4v) is 1.70. The fourth-order valence-electron chi connectivity index (χ4n) is 1.70. The van der Waals surface area contributed by atoms with Gasteiger partial charge in [-0.2, -0.15) is 0 Å². The van der Waals surface area contributed by atoms with Gasteiger partial charge in [-0.1, -0.05) is 0 Å². The highest BCUT2D eigenvalue weighted by atomic mass is 19.1. The van der Waals surface area contributed by atoms with E-state index in [1.165, 1.54) is 12.1 Å². The molecule has 16 heavy (non-hydrogen) atoms. The highest BCUT2D eigenvalue weighted by Crippen LogP contribution is 2.24. The molecule has 80 valence electrons. The molecule has 4 heteroatoms. The molecule has 0 aliphatic carbocycles. The van der Waals surface area contributed by atoms with Gasteiger partial charge >= 0.3 is 0 Å². The lowest BCUT2D eigenvalue weighted by Crippen LogP contribution is -1.78. The summed E-state index contributed by atoms with van der Waals surface area (Å²) in [4.78, 5) is 7.38. The van der Waals surface area contributed by atoms with Crippen LogP contribution in [0.25, 0.3) is 22.6 Å². The number of hydrogen-bond acceptors (Lipinski definition) is 2. The molecule has 3 aromatic rings. The van der Waals surface area contributed by atoms with E-state index < -0.39 is 0 Å². The third-order valence-electron chi connectivity index (χ3n) is 2.52. The Hall–Kier alpha value is -2.10. The first-order chi connectivity index (χ1) is 7.74. The molecule has 0 fully saturated rings. The lowest BCUT2D eigenvalue weighted by molar-refractivity contribution is 0.577. The van der Waals surface area contributed by atoms with Crippen molar-refractivity contribution in [2.45, 2.75) is 6.92 Å². The molecule has 0 amide bonds. The Kier molecular flexibility index (Phi) is 1.83. The van der Waals surface area contributed by atoms with Gasteiger partial charge in [-0.15, -0.1) is 0 Å². The topological polar surface area (TPSA) is 41.8 Å². The Bertz CT molecular complexity index is 654. The van der Waals surface area contributed by atoms with Crippen molar-refractivity contribution in [1.82, 2.24) is 9.97 Å². The first kappa shape index (κ1) is 9.15. The molecular formula is C12H9FN2O. The summed E-state index contributed by atoms with van der Waals surface area (Å²) >= 11 is 0. The van der Waals surface area contributed by atoms with Gasteiger partial charge in [0.15, 0.2) is 11.6 Å². The largest absolute Gasteiger partial charge is 0.461 e. The molecule has 0 radical (unpaired) electrons. The second-order valence-electron chi connectivity index (χ2n) is 3.68. The monoisotopic (exact) mass is 216 g/mol. The van der Waals surface area contributed by atoms with Crippen molar-refractivity contribution in [3.63, 3.8) is 0 Å². The number of aryl methyl sites for hydroxylation is 1. The van der Waals surface area contributed by atoms with Crippen molar-refractivity contribution in [3.05, 3.63) is 41.9 Å². The van der Waals surface area contributed by atoms with E-state index in [0.29, 0.717) is 17.1 Å². The van der Waals surface area contributed by atoms with E-state index >= 15 is 0 Å². The van der Waals surface area contributed by atoms with Crippen LogP contribution in [0, 0.1) is 12.7 Å². The molecule has 0 spiro atoms. The predicted octanol–water partition coefficient (Wildman–Crippen LogP) is 3.27. The lowest BCUT2D eigenvalue weighted by atomic mass is 10.3. The van der Waals surface area contributed by atoms with E-state index in [9.17, 15) is 4.39 Å². The maximum atomic E-state index is 13.0. The summed E-state index contributed by atoms with van der Waals surface area (Å²) in [5.41, 5.74) is 2.40. The number of hydrogen-bond donors (Lipinski definition) is 1. The van der Waals surface area contributed by atoms with E-state index in [1.807, 2.05) is 13.0 Å². The van der Waals surface area contributed by atoms with Gasteiger partial charge in [0.05, 0.1) is 17.3 Å². The molecule has 2 heterocycles. The van der Waals surface area contributed by atoms with Gasteiger partial charge in [0.1, 0.15) is 5.82 Å². The van der Waals surface area contributed by atoms with E-state index in [2.05, 4.69) is 9.97 Å². The van der Waals surface area contributed by atoms with Gasteiger partial charge in [-0.3, -0.25) is 0 Å². The molecule has 0 unspecified atom stereocenters. The smallest absolute Gasteiger partial charge is 0.174 e. The van der Waals surface area contributed by atoms with Crippen LogP contribution in [-0.2, 0) is 0 Å². The molecule has 0 aliphatic rings. The van der Waals surface area contributed by atoms with Crippen LogP contribution in [0.3, 0.4) is 0 Å². The summed E-state index contributed by atoms with van der Waals surface area (Å²) in [6.07, 6.45) is 1.61. The molecule has 0 bridgehead atoms. The van der Waals surface area contributed by atoms with Crippen molar-refractivity contribution in [1.29, 1.82) is 0 Å². The number of nitrogens with one attached hydrogen (secondary N) is 1. The molecule has 0 aliphatic heterocycles. The van der Waals surface area contributed by atoms with Crippen LogP contribution in [0.15, 0.2) is 34.9 Å². The first-order valence-electron chi connectivity index (χ1n) is 4.94. The minimum absolute atomic E-state index is 0.279. The molecule has 1 aromatic carbocycles. The Morgan fingerprint density at radius 2 is 2.19 bits per heavy atom. The van der Waals surface area contributed by atoms with Gasteiger partial charge in [-0.05, 0) is 36.8 Å². The van der Waals surface area contributed by atoms with Crippen molar-refractivity contribution >= 4 is 11.0 Å². The third kappa shape index (κ3) is 1.31. The van der Waals surface area contributed by atoms with Crippen molar-refractivity contribution < 1.29 is 8.81 Å². The van der Waals surface area contributed by atoms with E-state index in [4.69, 9.17) is 4.42 Å². The zero-order chi connectivity index (χ0) is 11.1. The molecule has 2 aromatic heterocycles. The average Bonchev–Trinajstić information content (AvgIpc) is 2.82. The Morgan fingerprint density at radius 3 is 2.94 bits per heavy atom. The van der Waals surface area contributed by atoms with E-state index in [1.54, 1.807) is 12.3 Å². The van der Waals surface area contributed by atoms with Crippen LogP contribution in [0.1, 0.15) is 5.56 Å². The summed E-state index contributed by atoms with van der Waals surface area (Å²) in [5.74, 6) is 1.04. The second-order valence-corrected chi connectivity index (χ2v) is 3.68. The first-order valence-corrected chi connectivity index (χ1v) is 4.94.